The molecule has 1 N–H and O–H groups in total. The number of hydrogen-bond donors (Lipinski definition) is 1. The number of fused-ring (bicyclic) bond motifs is 1. The van der Waals surface area contributed by atoms with E-state index >= 15 is 0 Å². The first kappa shape index (κ1) is 20.9. The Hall–Kier alpha value is -2.82. The summed E-state index contributed by atoms with van der Waals surface area (Å²) >= 11 is 0. The minimum atomic E-state index is -1.28. The summed E-state index contributed by atoms with van der Waals surface area (Å²) in [7, 11) is 0. The Morgan fingerprint density at radius 2 is 2.00 bits per heavy atom. The highest BCUT2D eigenvalue weighted by molar-refractivity contribution is 5.85. The van der Waals surface area contributed by atoms with Gasteiger partial charge in [0.05, 0.1) is 11.2 Å². The largest absolute Gasteiger partial charge is 0.356 e. The molecule has 1 amide bonds. The van der Waals surface area contributed by atoms with Crippen molar-refractivity contribution in [1.82, 2.24) is 15.3 Å². The summed E-state index contributed by atoms with van der Waals surface area (Å²) < 4.78 is 13.6. The van der Waals surface area contributed by atoms with Crippen LogP contribution < -0.4 is 5.32 Å². The first-order chi connectivity index (χ1) is 13.7. The highest BCUT2D eigenvalue weighted by Crippen LogP contribution is 2.25. The zero-order valence-corrected chi connectivity index (χ0v) is 17.5. The molecule has 0 saturated carbocycles. The lowest BCUT2D eigenvalue weighted by molar-refractivity contribution is -0.124. The van der Waals surface area contributed by atoms with Crippen LogP contribution in [0.5, 0.6) is 0 Å². The Morgan fingerprint density at radius 1 is 1.21 bits per heavy atom. The minimum Gasteiger partial charge on any atom is -0.356 e. The molecule has 3 rings (SSSR count). The van der Waals surface area contributed by atoms with E-state index in [4.69, 9.17) is 0 Å². The predicted octanol–water partition coefficient (Wildman–Crippen LogP) is 5.04. The molecule has 0 spiro atoms. The maximum absolute atomic E-state index is 13.6. The van der Waals surface area contributed by atoms with E-state index in [2.05, 4.69) is 27.4 Å². The van der Waals surface area contributed by atoms with Crippen LogP contribution in [0.25, 0.3) is 22.2 Å². The summed E-state index contributed by atoms with van der Waals surface area (Å²) in [6, 6.07) is 12.2. The van der Waals surface area contributed by atoms with Gasteiger partial charge in [0, 0.05) is 35.8 Å². The lowest BCUT2D eigenvalue weighted by Gasteiger charge is -2.16. The Balaban J connectivity index is 1.73. The number of benzene rings is 1. The summed E-state index contributed by atoms with van der Waals surface area (Å²) in [5.41, 5.74) is 3.77. The van der Waals surface area contributed by atoms with Crippen molar-refractivity contribution in [2.45, 2.75) is 46.2 Å². The van der Waals surface area contributed by atoms with Gasteiger partial charge in [-0.25, -0.2) is 4.39 Å². The van der Waals surface area contributed by atoms with Gasteiger partial charge in [-0.1, -0.05) is 19.1 Å². The zero-order chi connectivity index (χ0) is 21.0. The number of hydrogen-bond acceptors (Lipinski definition) is 3. The third-order valence-corrected chi connectivity index (χ3v) is 5.03. The summed E-state index contributed by atoms with van der Waals surface area (Å²) in [6.45, 7) is 7.31. The number of alkyl halides is 1. The lowest BCUT2D eigenvalue weighted by atomic mass is 9.99. The van der Waals surface area contributed by atoms with Crippen LogP contribution in [0.15, 0.2) is 48.8 Å². The van der Waals surface area contributed by atoms with Crippen LogP contribution in [0, 0.1) is 12.8 Å². The van der Waals surface area contributed by atoms with E-state index in [0.29, 0.717) is 19.4 Å². The van der Waals surface area contributed by atoms with Gasteiger partial charge >= 0.3 is 0 Å². The predicted molar refractivity (Wildman–Crippen MR) is 115 cm³/mol. The van der Waals surface area contributed by atoms with Crippen LogP contribution in [0.2, 0.25) is 0 Å². The number of nitrogens with zero attached hydrogens (tertiary/aromatic N) is 2. The quantitative estimate of drug-likeness (QED) is 0.612. The number of carbonyl (C=O) groups is 1. The molecule has 2 heterocycles. The summed E-state index contributed by atoms with van der Waals surface area (Å²) in [4.78, 5) is 21.3. The maximum Gasteiger partial charge on any atom is 0.223 e. The van der Waals surface area contributed by atoms with Gasteiger partial charge in [-0.2, -0.15) is 0 Å². The summed E-state index contributed by atoms with van der Waals surface area (Å²) in [5, 5.41) is 3.85. The Bertz CT molecular complexity index is 1010. The molecule has 0 aliphatic carbocycles. The van der Waals surface area contributed by atoms with Gasteiger partial charge in [0.25, 0.3) is 0 Å². The monoisotopic (exact) mass is 393 g/mol. The number of rotatable bonds is 7. The molecule has 4 nitrogen and oxygen atoms in total. The number of nitrogens with one attached hydrogen (secondary N) is 1. The zero-order valence-electron chi connectivity index (χ0n) is 17.5. The van der Waals surface area contributed by atoms with Gasteiger partial charge in [0.15, 0.2) is 0 Å². The van der Waals surface area contributed by atoms with Gasteiger partial charge in [-0.15, -0.1) is 0 Å². The standard InChI is InChI=1S/C24H28FN3O/c1-16-6-5-10-26-22(16)19-7-8-21-20(14-19)13-18(15-28-21)12-17(2)23(29)27-11-9-24(3,4)25/h5-8,10,13-15,17H,9,11-12H2,1-4H3,(H,27,29). The summed E-state index contributed by atoms with van der Waals surface area (Å²) in [5.74, 6) is -0.273. The number of carbonyl (C=O) groups excluding carboxylic acids is 1. The minimum absolute atomic E-state index is 0.0628. The molecular weight excluding hydrogens is 365 g/mol. The third-order valence-electron chi connectivity index (χ3n) is 5.03. The molecule has 0 saturated heterocycles. The molecule has 0 radical (unpaired) electrons. The molecule has 1 atom stereocenters. The molecule has 152 valence electrons. The molecule has 0 bridgehead atoms. The van der Waals surface area contributed by atoms with E-state index < -0.39 is 5.67 Å². The lowest BCUT2D eigenvalue weighted by Crippen LogP contribution is -2.33. The van der Waals surface area contributed by atoms with E-state index in [1.165, 1.54) is 13.8 Å². The van der Waals surface area contributed by atoms with Crippen molar-refractivity contribution < 1.29 is 9.18 Å². The van der Waals surface area contributed by atoms with Gasteiger partial charge in [0.2, 0.25) is 5.91 Å². The number of aryl methyl sites for hydroxylation is 1. The number of halogens is 1. The molecule has 5 heteroatoms. The van der Waals surface area contributed by atoms with Crippen molar-refractivity contribution >= 4 is 16.8 Å². The van der Waals surface area contributed by atoms with E-state index in [9.17, 15) is 9.18 Å². The highest BCUT2D eigenvalue weighted by Gasteiger charge is 2.18. The van der Waals surface area contributed by atoms with E-state index in [1.807, 2.05) is 44.3 Å². The fourth-order valence-electron chi connectivity index (χ4n) is 3.33. The third kappa shape index (κ3) is 5.59. The molecular formula is C24H28FN3O. The number of amides is 1. The van der Waals surface area contributed by atoms with E-state index in [1.54, 1.807) is 6.20 Å². The average Bonchev–Trinajstić information content (AvgIpc) is 2.66. The fourth-order valence-corrected chi connectivity index (χ4v) is 3.33. The van der Waals surface area contributed by atoms with Gasteiger partial charge in [0.1, 0.15) is 5.67 Å². The smallest absolute Gasteiger partial charge is 0.223 e. The molecule has 0 fully saturated rings. The van der Waals surface area contributed by atoms with Crippen LogP contribution >= 0.6 is 0 Å². The van der Waals surface area contributed by atoms with Gasteiger partial charge in [-0.05, 0) is 69.0 Å². The van der Waals surface area contributed by atoms with Crippen LogP contribution in [0.3, 0.4) is 0 Å². The normalized spacial score (nSPS) is 12.7. The molecule has 1 aromatic carbocycles. The average molecular weight is 394 g/mol. The Morgan fingerprint density at radius 3 is 2.72 bits per heavy atom. The molecule has 3 aromatic rings. The van der Waals surface area contributed by atoms with Crippen LogP contribution in [0.1, 0.15) is 38.3 Å². The van der Waals surface area contributed by atoms with Gasteiger partial charge in [-0.3, -0.25) is 14.8 Å². The van der Waals surface area contributed by atoms with Crippen molar-refractivity contribution in [2.24, 2.45) is 5.92 Å². The number of pyridine rings is 2. The topological polar surface area (TPSA) is 54.9 Å². The first-order valence-electron chi connectivity index (χ1n) is 10.0. The van der Waals surface area contributed by atoms with Crippen molar-refractivity contribution in [3.8, 4) is 11.3 Å². The molecule has 29 heavy (non-hydrogen) atoms. The van der Waals surface area contributed by atoms with Crippen LogP contribution in [-0.2, 0) is 11.2 Å². The highest BCUT2D eigenvalue weighted by atomic mass is 19.1. The van der Waals surface area contributed by atoms with Crippen molar-refractivity contribution in [1.29, 1.82) is 0 Å². The maximum atomic E-state index is 13.6. The second kappa shape index (κ2) is 8.68. The second-order valence-corrected chi connectivity index (χ2v) is 8.28. The van der Waals surface area contributed by atoms with Crippen molar-refractivity contribution in [3.05, 3.63) is 59.9 Å². The first-order valence-corrected chi connectivity index (χ1v) is 10.0. The SMILES string of the molecule is Cc1cccnc1-c1ccc2ncc(CC(C)C(=O)NCCC(C)(C)F)cc2c1. The molecule has 1 unspecified atom stereocenters. The molecule has 0 aliphatic heterocycles. The Labute approximate surface area is 171 Å². The second-order valence-electron chi connectivity index (χ2n) is 8.28. The van der Waals surface area contributed by atoms with Crippen LogP contribution in [0.4, 0.5) is 4.39 Å². The van der Waals surface area contributed by atoms with Gasteiger partial charge < -0.3 is 5.32 Å². The summed E-state index contributed by atoms with van der Waals surface area (Å²) in [6.07, 6.45) is 4.51. The Kier molecular flexibility index (Phi) is 6.26. The van der Waals surface area contributed by atoms with Crippen LogP contribution in [-0.4, -0.2) is 28.1 Å². The fraction of sp³-hybridized carbons (Fsp3) is 0.375. The van der Waals surface area contributed by atoms with Crippen molar-refractivity contribution in [3.63, 3.8) is 0 Å². The van der Waals surface area contributed by atoms with E-state index in [0.717, 1.165) is 33.3 Å². The molecule has 0 aliphatic rings. The van der Waals surface area contributed by atoms with E-state index in [-0.39, 0.29) is 11.8 Å². The number of aromatic nitrogens is 2. The van der Waals surface area contributed by atoms with Crippen molar-refractivity contribution in [2.75, 3.05) is 6.54 Å². The molecule has 2 aromatic heterocycles.